The Bertz CT molecular complexity index is 1180. The number of hydrazone groups is 1. The van der Waals surface area contributed by atoms with Gasteiger partial charge in [-0.05, 0) is 45.0 Å². The van der Waals surface area contributed by atoms with E-state index in [0.29, 0.717) is 43.3 Å². The van der Waals surface area contributed by atoms with Crippen LogP contribution in [0.3, 0.4) is 0 Å². The summed E-state index contributed by atoms with van der Waals surface area (Å²) < 4.78 is 11.1. The van der Waals surface area contributed by atoms with Crippen LogP contribution in [0.4, 0.5) is 0 Å². The van der Waals surface area contributed by atoms with Crippen LogP contribution in [-0.4, -0.2) is 98.1 Å². The average Bonchev–Trinajstić information content (AvgIpc) is 2.96. The smallest absolute Gasteiger partial charge is 0.283 e. The summed E-state index contributed by atoms with van der Waals surface area (Å²) >= 11 is 0. The van der Waals surface area contributed by atoms with Gasteiger partial charge >= 0.3 is 0 Å². The van der Waals surface area contributed by atoms with Gasteiger partial charge in [0.1, 0.15) is 0 Å². The number of oxime groups is 1. The van der Waals surface area contributed by atoms with E-state index in [1.807, 2.05) is 62.5 Å². The second kappa shape index (κ2) is 13.0. The van der Waals surface area contributed by atoms with Gasteiger partial charge in [-0.2, -0.15) is 5.10 Å². The van der Waals surface area contributed by atoms with Crippen LogP contribution in [0.1, 0.15) is 30.9 Å². The molecule has 2 amide bonds. The minimum absolute atomic E-state index is 0.187. The quantitative estimate of drug-likeness (QED) is 0.372. The van der Waals surface area contributed by atoms with E-state index < -0.39 is 0 Å². The number of piperazine rings is 1. The van der Waals surface area contributed by atoms with Crippen molar-refractivity contribution in [1.29, 1.82) is 0 Å². The summed E-state index contributed by atoms with van der Waals surface area (Å²) in [5, 5.41) is 10.1. The van der Waals surface area contributed by atoms with Gasteiger partial charge in [0.25, 0.3) is 11.8 Å². The molecule has 0 spiro atoms. The molecule has 0 N–H and O–H groups in total. The molecular formula is C28H35N5O5. The lowest BCUT2D eigenvalue weighted by molar-refractivity contribution is -0.136. The van der Waals surface area contributed by atoms with Crippen LogP contribution in [-0.2, 0) is 14.4 Å². The summed E-state index contributed by atoms with van der Waals surface area (Å²) in [5.74, 6) is 0.741. The third-order valence-electron chi connectivity index (χ3n) is 6.49. The number of rotatable bonds is 9. The van der Waals surface area contributed by atoms with Crippen LogP contribution in [0.2, 0.25) is 0 Å². The first kappa shape index (κ1) is 27.1. The molecule has 4 rings (SSSR count). The minimum atomic E-state index is -0.330. The molecule has 10 heteroatoms. The van der Waals surface area contributed by atoms with Crippen molar-refractivity contribution in [2.45, 2.75) is 19.8 Å². The monoisotopic (exact) mass is 521 g/mol. The van der Waals surface area contributed by atoms with Gasteiger partial charge in [0, 0.05) is 43.9 Å². The predicted octanol–water partition coefficient (Wildman–Crippen LogP) is 2.62. The van der Waals surface area contributed by atoms with Crippen molar-refractivity contribution in [3.8, 4) is 11.5 Å². The molecular weight excluding hydrogens is 486 g/mol. The Hall–Kier alpha value is -3.92. The highest BCUT2D eigenvalue weighted by Gasteiger charge is 2.26. The van der Waals surface area contributed by atoms with E-state index in [4.69, 9.17) is 14.3 Å². The number of carbonyl (C=O) groups excluding carboxylic acids is 2. The van der Waals surface area contributed by atoms with Gasteiger partial charge in [-0.25, -0.2) is 5.01 Å². The van der Waals surface area contributed by atoms with E-state index >= 15 is 0 Å². The average molecular weight is 522 g/mol. The van der Waals surface area contributed by atoms with Gasteiger partial charge in [-0.1, -0.05) is 35.5 Å². The van der Waals surface area contributed by atoms with Gasteiger partial charge in [0.2, 0.25) is 0 Å². The molecule has 202 valence electrons. The number of carbonyl (C=O) groups is 2. The Morgan fingerprint density at radius 2 is 1.76 bits per heavy atom. The Kier molecular flexibility index (Phi) is 9.31. The topological polar surface area (TPSA) is 96.3 Å². The normalized spacial score (nSPS) is 16.6. The molecule has 2 heterocycles. The third kappa shape index (κ3) is 6.69. The number of likely N-dealkylation sites (N-methyl/N-ethyl adjacent to an activating group) is 1. The van der Waals surface area contributed by atoms with E-state index in [9.17, 15) is 9.59 Å². The van der Waals surface area contributed by atoms with Crippen molar-refractivity contribution in [1.82, 2.24) is 14.8 Å². The second-order valence-corrected chi connectivity index (χ2v) is 9.14. The zero-order valence-corrected chi connectivity index (χ0v) is 22.3. The Labute approximate surface area is 223 Å². The molecule has 2 aliphatic heterocycles. The minimum Gasteiger partial charge on any atom is -0.493 e. The van der Waals surface area contributed by atoms with E-state index in [1.165, 1.54) is 5.01 Å². The zero-order valence-electron chi connectivity index (χ0n) is 22.3. The van der Waals surface area contributed by atoms with Crippen LogP contribution in [0, 0.1) is 0 Å². The maximum atomic E-state index is 13.3. The van der Waals surface area contributed by atoms with E-state index in [2.05, 4.69) is 15.2 Å². The van der Waals surface area contributed by atoms with Crippen molar-refractivity contribution in [3.05, 3.63) is 59.7 Å². The fourth-order valence-electron chi connectivity index (χ4n) is 4.35. The fraction of sp³-hybridized carbons (Fsp3) is 0.429. The maximum absolute atomic E-state index is 13.3. The number of hydrogen-bond donors (Lipinski definition) is 0. The fourth-order valence-corrected chi connectivity index (χ4v) is 4.35. The summed E-state index contributed by atoms with van der Waals surface area (Å²) in [7, 11) is 3.63. The van der Waals surface area contributed by atoms with Crippen LogP contribution in [0.15, 0.2) is 58.8 Å². The standard InChI is InChI=1S/C28H35N5O5/c1-4-37-25-19-22(12-13-24(25)36-3)23-11-8-14-33(29-23)26(34)20-38-30-27(21-9-6-5-7-10-21)28(35)32-17-15-31(2)16-18-32/h5-7,9-10,12-13,19H,4,8,11,14-18,20H2,1-3H3/b30-27+. The second-order valence-electron chi connectivity index (χ2n) is 9.14. The number of hydrogen-bond acceptors (Lipinski definition) is 8. The molecule has 2 aromatic carbocycles. The largest absolute Gasteiger partial charge is 0.493 e. The lowest BCUT2D eigenvalue weighted by Gasteiger charge is -2.32. The number of ether oxygens (including phenoxy) is 2. The summed E-state index contributed by atoms with van der Waals surface area (Å²) in [4.78, 5) is 35.6. The molecule has 0 aliphatic carbocycles. The third-order valence-corrected chi connectivity index (χ3v) is 6.49. The Morgan fingerprint density at radius 1 is 1.00 bits per heavy atom. The van der Waals surface area contributed by atoms with Crippen molar-refractivity contribution in [2.24, 2.45) is 10.3 Å². The SMILES string of the molecule is CCOc1cc(C2=NN(C(=O)CO/N=C(/C(=O)N3CCN(C)CC3)c3ccccc3)CCC2)ccc1OC. The first-order valence-electron chi connectivity index (χ1n) is 12.9. The lowest BCUT2D eigenvalue weighted by Crippen LogP contribution is -2.49. The summed E-state index contributed by atoms with van der Waals surface area (Å²) in [6.07, 6.45) is 1.50. The molecule has 0 saturated carbocycles. The van der Waals surface area contributed by atoms with Gasteiger partial charge < -0.3 is 24.1 Å². The summed E-state index contributed by atoms with van der Waals surface area (Å²) in [6, 6.07) is 14.8. The van der Waals surface area contributed by atoms with Gasteiger partial charge in [0.05, 0.1) is 19.4 Å². The molecule has 0 radical (unpaired) electrons. The number of nitrogens with zero attached hydrogens (tertiary/aromatic N) is 5. The zero-order chi connectivity index (χ0) is 26.9. The molecule has 2 aromatic rings. The Balaban J connectivity index is 1.45. The van der Waals surface area contributed by atoms with Crippen LogP contribution in [0.25, 0.3) is 0 Å². The molecule has 0 bridgehead atoms. The Morgan fingerprint density at radius 3 is 2.47 bits per heavy atom. The number of methoxy groups -OCH3 is 1. The number of benzene rings is 2. The molecule has 0 aromatic heterocycles. The van der Waals surface area contributed by atoms with Gasteiger partial charge in [-0.3, -0.25) is 9.59 Å². The van der Waals surface area contributed by atoms with E-state index in [0.717, 1.165) is 37.2 Å². The van der Waals surface area contributed by atoms with Gasteiger partial charge in [0.15, 0.2) is 23.8 Å². The van der Waals surface area contributed by atoms with Crippen LogP contribution >= 0.6 is 0 Å². The summed E-state index contributed by atoms with van der Waals surface area (Å²) in [5.41, 5.74) is 2.49. The van der Waals surface area contributed by atoms with Crippen LogP contribution in [0.5, 0.6) is 11.5 Å². The highest BCUT2D eigenvalue weighted by atomic mass is 16.6. The van der Waals surface area contributed by atoms with Crippen molar-refractivity contribution in [3.63, 3.8) is 0 Å². The maximum Gasteiger partial charge on any atom is 0.283 e. The first-order chi connectivity index (χ1) is 18.5. The van der Waals surface area contributed by atoms with Crippen LogP contribution < -0.4 is 9.47 Å². The van der Waals surface area contributed by atoms with Crippen molar-refractivity contribution in [2.75, 3.05) is 60.1 Å². The van der Waals surface area contributed by atoms with E-state index in [1.54, 1.807) is 12.0 Å². The van der Waals surface area contributed by atoms with Crippen molar-refractivity contribution >= 4 is 23.2 Å². The van der Waals surface area contributed by atoms with Crippen molar-refractivity contribution < 1.29 is 23.9 Å². The molecule has 1 saturated heterocycles. The predicted molar refractivity (Wildman–Crippen MR) is 145 cm³/mol. The summed E-state index contributed by atoms with van der Waals surface area (Å²) in [6.45, 7) is 5.40. The first-order valence-corrected chi connectivity index (χ1v) is 12.9. The molecule has 0 unspecified atom stereocenters. The van der Waals surface area contributed by atoms with Gasteiger partial charge in [-0.15, -0.1) is 0 Å². The highest BCUT2D eigenvalue weighted by molar-refractivity contribution is 6.45. The molecule has 38 heavy (non-hydrogen) atoms. The molecule has 2 aliphatic rings. The lowest BCUT2D eigenvalue weighted by atomic mass is 10.0. The molecule has 1 fully saturated rings. The number of amides is 2. The highest BCUT2D eigenvalue weighted by Crippen LogP contribution is 2.29. The van der Waals surface area contributed by atoms with E-state index in [-0.39, 0.29) is 24.1 Å². The molecule has 0 atom stereocenters. The molecule has 10 nitrogen and oxygen atoms in total.